The smallest absolute Gasteiger partial charge is 0.272 e. The minimum Gasteiger partial charge on any atom is -0.347 e. The zero-order chi connectivity index (χ0) is 22.9. The fraction of sp³-hybridized carbons (Fsp3) is 0.348. The molecule has 0 aliphatic carbocycles. The van der Waals surface area contributed by atoms with E-state index in [9.17, 15) is 9.18 Å². The van der Waals surface area contributed by atoms with Crippen LogP contribution in [-0.4, -0.2) is 60.7 Å². The molecule has 1 aliphatic heterocycles. The van der Waals surface area contributed by atoms with Crippen LogP contribution in [0.5, 0.6) is 0 Å². The van der Waals surface area contributed by atoms with Gasteiger partial charge in [-0.2, -0.15) is 5.10 Å². The lowest BCUT2D eigenvalue weighted by Gasteiger charge is -2.27. The number of benzene rings is 1. The summed E-state index contributed by atoms with van der Waals surface area (Å²) in [4.78, 5) is 31.6. The first-order valence-electron chi connectivity index (χ1n) is 10.9. The number of rotatable bonds is 5. The van der Waals surface area contributed by atoms with E-state index in [0.29, 0.717) is 28.2 Å². The lowest BCUT2D eigenvalue weighted by atomic mass is 9.97. The van der Waals surface area contributed by atoms with Crippen LogP contribution in [0.1, 0.15) is 40.6 Å². The lowest BCUT2D eigenvalue weighted by molar-refractivity contribution is 0.0947. The number of aromatic amines is 1. The van der Waals surface area contributed by atoms with Crippen LogP contribution in [-0.2, 0) is 13.6 Å². The highest BCUT2D eigenvalue weighted by Gasteiger charge is 2.23. The number of fused-ring (bicyclic) bond motifs is 1. The van der Waals surface area contributed by atoms with E-state index in [1.807, 2.05) is 12.3 Å². The Balaban J connectivity index is 1.34. The fourth-order valence-corrected chi connectivity index (χ4v) is 4.25. The number of likely N-dealkylation sites (tertiary alicyclic amines) is 1. The Kier molecular flexibility index (Phi) is 5.59. The summed E-state index contributed by atoms with van der Waals surface area (Å²) in [5.74, 6) is 0.415. The Labute approximate surface area is 190 Å². The zero-order valence-electron chi connectivity index (χ0n) is 18.5. The summed E-state index contributed by atoms with van der Waals surface area (Å²) in [6.45, 7) is 2.18. The van der Waals surface area contributed by atoms with Gasteiger partial charge >= 0.3 is 0 Å². The van der Waals surface area contributed by atoms with E-state index in [0.717, 1.165) is 37.3 Å². The number of carbonyl (C=O) groups is 1. The number of carbonyl (C=O) groups excluding carboxylic acids is 1. The van der Waals surface area contributed by atoms with Crippen LogP contribution in [0.2, 0.25) is 0 Å². The molecule has 10 heteroatoms. The van der Waals surface area contributed by atoms with Gasteiger partial charge in [-0.25, -0.2) is 19.3 Å². The molecule has 33 heavy (non-hydrogen) atoms. The van der Waals surface area contributed by atoms with Crippen molar-refractivity contribution in [2.45, 2.75) is 25.3 Å². The van der Waals surface area contributed by atoms with Crippen molar-refractivity contribution in [3.63, 3.8) is 0 Å². The first-order valence-corrected chi connectivity index (χ1v) is 10.9. The molecular weight excluding hydrogens is 423 g/mol. The Morgan fingerprint density at radius 2 is 2.00 bits per heavy atom. The van der Waals surface area contributed by atoms with Crippen LogP contribution in [0.15, 0.2) is 36.9 Å². The van der Waals surface area contributed by atoms with Crippen molar-refractivity contribution >= 4 is 17.1 Å². The molecule has 0 saturated carbocycles. The maximum absolute atomic E-state index is 14.2. The first kappa shape index (κ1) is 21.2. The van der Waals surface area contributed by atoms with Gasteiger partial charge in [0.25, 0.3) is 5.91 Å². The predicted octanol–water partition coefficient (Wildman–Crippen LogP) is 2.63. The largest absolute Gasteiger partial charge is 0.347 e. The second-order valence-corrected chi connectivity index (χ2v) is 8.55. The predicted molar refractivity (Wildman–Crippen MR) is 121 cm³/mol. The van der Waals surface area contributed by atoms with Crippen molar-refractivity contribution in [2.75, 3.05) is 20.1 Å². The van der Waals surface area contributed by atoms with E-state index < -0.39 is 0 Å². The summed E-state index contributed by atoms with van der Waals surface area (Å²) in [6, 6.07) is 4.69. The molecule has 1 saturated heterocycles. The fourth-order valence-electron chi connectivity index (χ4n) is 4.25. The molecule has 0 radical (unpaired) electrons. The third-order valence-electron chi connectivity index (χ3n) is 6.08. The summed E-state index contributed by atoms with van der Waals surface area (Å²) >= 11 is 0. The molecule has 0 spiro atoms. The Hall–Kier alpha value is -3.66. The average Bonchev–Trinajstić information content (AvgIpc) is 3.44. The molecule has 1 aliphatic rings. The van der Waals surface area contributed by atoms with Gasteiger partial charge in [-0.15, -0.1) is 0 Å². The first-order chi connectivity index (χ1) is 16.0. The van der Waals surface area contributed by atoms with E-state index in [1.165, 1.54) is 18.5 Å². The van der Waals surface area contributed by atoms with Crippen LogP contribution in [0.4, 0.5) is 4.39 Å². The van der Waals surface area contributed by atoms with Gasteiger partial charge < -0.3 is 15.2 Å². The monoisotopic (exact) mass is 448 g/mol. The van der Waals surface area contributed by atoms with Crippen molar-refractivity contribution in [1.82, 2.24) is 39.9 Å². The second kappa shape index (κ2) is 8.70. The topological polar surface area (TPSA) is 105 Å². The third kappa shape index (κ3) is 4.47. The molecule has 1 amide bonds. The number of nitrogens with one attached hydrogen (secondary N) is 2. The van der Waals surface area contributed by atoms with Crippen LogP contribution in [0.25, 0.3) is 22.3 Å². The highest BCUT2D eigenvalue weighted by Crippen LogP contribution is 2.27. The normalized spacial score (nSPS) is 15.2. The van der Waals surface area contributed by atoms with E-state index in [1.54, 1.807) is 17.9 Å². The summed E-state index contributed by atoms with van der Waals surface area (Å²) in [6.07, 6.45) is 6.84. The minimum absolute atomic E-state index is 0.158. The summed E-state index contributed by atoms with van der Waals surface area (Å²) in [5, 5.41) is 6.97. The number of hydrogen-bond donors (Lipinski definition) is 2. The average molecular weight is 449 g/mol. The molecule has 0 unspecified atom stereocenters. The molecule has 3 aromatic heterocycles. The molecular formula is C23H25FN8O. The zero-order valence-corrected chi connectivity index (χ0v) is 18.5. The van der Waals surface area contributed by atoms with Gasteiger partial charge in [0.15, 0.2) is 11.3 Å². The second-order valence-electron chi connectivity index (χ2n) is 8.55. The van der Waals surface area contributed by atoms with Gasteiger partial charge in [-0.05, 0) is 62.3 Å². The number of hydrogen-bond acceptors (Lipinski definition) is 6. The number of piperidine rings is 1. The Bertz CT molecular complexity index is 1310. The van der Waals surface area contributed by atoms with Crippen molar-refractivity contribution in [2.24, 2.45) is 7.05 Å². The maximum Gasteiger partial charge on any atom is 0.272 e. The van der Waals surface area contributed by atoms with Gasteiger partial charge in [0.1, 0.15) is 23.5 Å². The van der Waals surface area contributed by atoms with Crippen molar-refractivity contribution < 1.29 is 9.18 Å². The van der Waals surface area contributed by atoms with E-state index in [4.69, 9.17) is 0 Å². The maximum atomic E-state index is 14.2. The molecule has 2 N–H and O–H groups in total. The standard InChI is InChI=1S/C23H25FN8O/c1-31-5-3-15(4-6-31)21-29-19-20(26-13-27-22(19)30-21)23(33)25-10-14-7-16(9-18(24)8-14)17-11-28-32(2)12-17/h7-9,11-13,15H,3-6,10H2,1-2H3,(H,25,33)(H,26,27,29,30). The third-order valence-corrected chi connectivity index (χ3v) is 6.08. The van der Waals surface area contributed by atoms with Gasteiger partial charge in [0.2, 0.25) is 0 Å². The number of nitrogens with zero attached hydrogens (tertiary/aromatic N) is 6. The number of aromatic nitrogens is 6. The van der Waals surface area contributed by atoms with Gasteiger partial charge in [-0.3, -0.25) is 9.48 Å². The van der Waals surface area contributed by atoms with Crippen molar-refractivity contribution in [3.8, 4) is 11.1 Å². The number of halogens is 1. The van der Waals surface area contributed by atoms with Crippen LogP contribution in [0.3, 0.4) is 0 Å². The molecule has 5 rings (SSSR count). The lowest BCUT2D eigenvalue weighted by Crippen LogP contribution is -2.29. The number of aryl methyl sites for hydroxylation is 1. The highest BCUT2D eigenvalue weighted by atomic mass is 19.1. The Morgan fingerprint density at radius 1 is 1.18 bits per heavy atom. The molecule has 0 bridgehead atoms. The molecule has 1 fully saturated rings. The quantitative estimate of drug-likeness (QED) is 0.486. The summed E-state index contributed by atoms with van der Waals surface area (Å²) in [7, 11) is 3.92. The van der Waals surface area contributed by atoms with Gasteiger partial charge in [0, 0.05) is 31.3 Å². The van der Waals surface area contributed by atoms with Crippen LogP contribution < -0.4 is 5.32 Å². The molecule has 1 aromatic carbocycles. The molecule has 4 heterocycles. The molecule has 0 atom stereocenters. The van der Waals surface area contributed by atoms with E-state index >= 15 is 0 Å². The summed E-state index contributed by atoms with van der Waals surface area (Å²) in [5.41, 5.74) is 3.39. The molecule has 170 valence electrons. The Morgan fingerprint density at radius 3 is 2.76 bits per heavy atom. The summed E-state index contributed by atoms with van der Waals surface area (Å²) < 4.78 is 15.9. The highest BCUT2D eigenvalue weighted by molar-refractivity contribution is 6.02. The molecule has 9 nitrogen and oxygen atoms in total. The van der Waals surface area contributed by atoms with Gasteiger partial charge in [-0.1, -0.05) is 0 Å². The number of amides is 1. The minimum atomic E-state index is -0.374. The number of H-pyrrole nitrogens is 1. The van der Waals surface area contributed by atoms with Crippen LogP contribution >= 0.6 is 0 Å². The SMILES string of the molecule is CN1CCC(c2nc3ncnc(C(=O)NCc4cc(F)cc(-c5cnn(C)c5)c4)c3[nH]2)CC1. The van der Waals surface area contributed by atoms with Crippen molar-refractivity contribution in [1.29, 1.82) is 0 Å². The van der Waals surface area contributed by atoms with Crippen molar-refractivity contribution in [3.05, 3.63) is 59.8 Å². The van der Waals surface area contributed by atoms with Gasteiger partial charge in [0.05, 0.1) is 6.20 Å². The van der Waals surface area contributed by atoms with E-state index in [2.05, 4.69) is 42.3 Å². The van der Waals surface area contributed by atoms with E-state index in [-0.39, 0.29) is 24.0 Å². The number of imidazole rings is 1. The molecule has 4 aromatic rings. The van der Waals surface area contributed by atoms with Crippen LogP contribution in [0, 0.1) is 5.82 Å².